The SMILES string of the molecule is Cc1nnc2sc(SCC(=O)NC3CC(=O)N(C)C(=O)N3C)nn2c1=O. The average molecular weight is 397 g/mol. The average Bonchev–Trinajstić information content (AvgIpc) is 3.03. The van der Waals surface area contributed by atoms with Crippen molar-refractivity contribution in [2.45, 2.75) is 23.8 Å². The summed E-state index contributed by atoms with van der Waals surface area (Å²) < 4.78 is 1.64. The maximum Gasteiger partial charge on any atom is 0.327 e. The summed E-state index contributed by atoms with van der Waals surface area (Å²) in [6.45, 7) is 1.54. The molecule has 3 heterocycles. The predicted octanol–water partition coefficient (Wildman–Crippen LogP) is -0.697. The van der Waals surface area contributed by atoms with Crippen LogP contribution < -0.4 is 10.9 Å². The number of nitrogens with zero attached hydrogens (tertiary/aromatic N) is 6. The van der Waals surface area contributed by atoms with Crippen LogP contribution in [0.15, 0.2) is 9.13 Å². The summed E-state index contributed by atoms with van der Waals surface area (Å²) in [5.74, 6) is -0.694. The molecule has 3 rings (SSSR count). The topological polar surface area (TPSA) is 130 Å². The van der Waals surface area contributed by atoms with Gasteiger partial charge in [-0.15, -0.1) is 15.3 Å². The summed E-state index contributed by atoms with van der Waals surface area (Å²) >= 11 is 2.28. The van der Waals surface area contributed by atoms with E-state index < -0.39 is 12.2 Å². The third-order valence-electron chi connectivity index (χ3n) is 3.78. The molecule has 1 saturated heterocycles. The van der Waals surface area contributed by atoms with Crippen LogP contribution >= 0.6 is 23.1 Å². The molecule has 1 aliphatic rings. The van der Waals surface area contributed by atoms with Crippen molar-refractivity contribution in [1.29, 1.82) is 0 Å². The van der Waals surface area contributed by atoms with Crippen molar-refractivity contribution < 1.29 is 14.4 Å². The number of fused-ring (bicyclic) bond motifs is 1. The highest BCUT2D eigenvalue weighted by Gasteiger charge is 2.35. The Kier molecular flexibility index (Phi) is 4.91. The first-order valence-corrected chi connectivity index (χ1v) is 9.27. The number of carbonyl (C=O) groups excluding carboxylic acids is 3. The molecule has 4 amide bonds. The first kappa shape index (κ1) is 18.3. The Morgan fingerprint density at radius 3 is 2.77 bits per heavy atom. The van der Waals surface area contributed by atoms with Crippen LogP contribution in [0.4, 0.5) is 4.79 Å². The number of amides is 4. The minimum atomic E-state index is -0.689. The van der Waals surface area contributed by atoms with E-state index in [2.05, 4.69) is 20.6 Å². The fourth-order valence-corrected chi connectivity index (χ4v) is 3.94. The Balaban J connectivity index is 1.62. The van der Waals surface area contributed by atoms with E-state index >= 15 is 0 Å². The second-order valence-corrected chi connectivity index (χ2v) is 7.75. The van der Waals surface area contributed by atoms with Gasteiger partial charge in [0.15, 0.2) is 4.34 Å². The van der Waals surface area contributed by atoms with Crippen molar-refractivity contribution in [2.24, 2.45) is 0 Å². The van der Waals surface area contributed by atoms with Gasteiger partial charge in [0.2, 0.25) is 16.8 Å². The molecule has 13 heteroatoms. The number of thioether (sulfide) groups is 1. The van der Waals surface area contributed by atoms with Gasteiger partial charge in [0.05, 0.1) is 12.2 Å². The molecule has 0 aromatic carbocycles. The summed E-state index contributed by atoms with van der Waals surface area (Å²) in [6, 6.07) is -0.473. The number of hydrogen-bond acceptors (Lipinski definition) is 9. The predicted molar refractivity (Wildman–Crippen MR) is 92.9 cm³/mol. The Labute approximate surface area is 155 Å². The summed E-state index contributed by atoms with van der Waals surface area (Å²) in [6.07, 6.45) is -0.675. The summed E-state index contributed by atoms with van der Waals surface area (Å²) in [5, 5.41) is 14.4. The highest BCUT2D eigenvalue weighted by Crippen LogP contribution is 2.22. The highest BCUT2D eigenvalue weighted by molar-refractivity contribution is 8.01. The molecule has 26 heavy (non-hydrogen) atoms. The molecule has 0 bridgehead atoms. The number of nitrogens with one attached hydrogen (secondary N) is 1. The van der Waals surface area contributed by atoms with E-state index in [1.165, 1.54) is 19.0 Å². The summed E-state index contributed by atoms with van der Waals surface area (Å²) in [7, 11) is 2.92. The van der Waals surface area contributed by atoms with Gasteiger partial charge in [-0.2, -0.15) is 4.52 Å². The molecule has 0 spiro atoms. The van der Waals surface area contributed by atoms with Gasteiger partial charge in [-0.3, -0.25) is 19.3 Å². The fourth-order valence-electron chi connectivity index (χ4n) is 2.25. The number of aryl methyl sites for hydroxylation is 1. The van der Waals surface area contributed by atoms with Gasteiger partial charge < -0.3 is 10.2 Å². The van der Waals surface area contributed by atoms with Crippen molar-refractivity contribution in [1.82, 2.24) is 34.9 Å². The molecule has 2 aromatic rings. The first-order chi connectivity index (χ1) is 12.3. The number of rotatable bonds is 4. The second kappa shape index (κ2) is 6.99. The quantitative estimate of drug-likeness (QED) is 0.671. The largest absolute Gasteiger partial charge is 0.335 e. The molecule has 1 aliphatic heterocycles. The zero-order valence-corrected chi connectivity index (χ0v) is 15.8. The number of urea groups is 1. The van der Waals surface area contributed by atoms with Gasteiger partial charge in [-0.1, -0.05) is 23.1 Å². The monoisotopic (exact) mass is 397 g/mol. The first-order valence-electron chi connectivity index (χ1n) is 7.46. The Bertz CT molecular complexity index is 956. The van der Waals surface area contributed by atoms with Crippen molar-refractivity contribution in [3.05, 3.63) is 16.0 Å². The molecule has 1 unspecified atom stereocenters. The van der Waals surface area contributed by atoms with Crippen LogP contribution in [0, 0.1) is 6.92 Å². The minimum absolute atomic E-state index is 0.0144. The molecule has 2 aromatic heterocycles. The molecule has 11 nitrogen and oxygen atoms in total. The van der Waals surface area contributed by atoms with E-state index in [9.17, 15) is 19.2 Å². The Morgan fingerprint density at radius 2 is 2.04 bits per heavy atom. The minimum Gasteiger partial charge on any atom is -0.335 e. The number of aromatic nitrogens is 4. The summed E-state index contributed by atoms with van der Waals surface area (Å²) in [5.41, 5.74) is -0.116. The maximum absolute atomic E-state index is 12.1. The molecule has 0 saturated carbocycles. The van der Waals surface area contributed by atoms with Crippen molar-refractivity contribution in [3.63, 3.8) is 0 Å². The standard InChI is InChI=1S/C13H15N7O4S2/c1-6-10(23)20-11(16-15-6)26-12(17-20)25-5-8(21)14-7-4-9(22)19(3)13(24)18(7)2/h7H,4-5H2,1-3H3,(H,14,21). The van der Waals surface area contributed by atoms with E-state index in [1.807, 2.05) is 0 Å². The van der Waals surface area contributed by atoms with E-state index in [0.717, 1.165) is 32.5 Å². The van der Waals surface area contributed by atoms with Gasteiger partial charge in [0.1, 0.15) is 11.9 Å². The molecule has 1 N–H and O–H groups in total. The van der Waals surface area contributed by atoms with Crippen molar-refractivity contribution in [2.75, 3.05) is 19.8 Å². The van der Waals surface area contributed by atoms with Crippen LogP contribution in [0.1, 0.15) is 12.1 Å². The van der Waals surface area contributed by atoms with Gasteiger partial charge >= 0.3 is 6.03 Å². The molecular weight excluding hydrogens is 382 g/mol. The van der Waals surface area contributed by atoms with E-state index in [1.54, 1.807) is 6.92 Å². The molecule has 1 fully saturated rings. The molecule has 138 valence electrons. The lowest BCUT2D eigenvalue weighted by Crippen LogP contribution is -2.59. The summed E-state index contributed by atoms with van der Waals surface area (Å²) in [4.78, 5) is 50.4. The zero-order chi connectivity index (χ0) is 19.0. The lowest BCUT2D eigenvalue weighted by Gasteiger charge is -2.36. The zero-order valence-electron chi connectivity index (χ0n) is 14.1. The van der Waals surface area contributed by atoms with Crippen LogP contribution in [0.2, 0.25) is 0 Å². The third kappa shape index (κ3) is 3.39. The van der Waals surface area contributed by atoms with Gasteiger partial charge in [0, 0.05) is 14.1 Å². The lowest BCUT2D eigenvalue weighted by molar-refractivity contribution is -0.132. The van der Waals surface area contributed by atoms with Crippen LogP contribution in [-0.2, 0) is 9.59 Å². The second-order valence-electron chi connectivity index (χ2n) is 5.58. The van der Waals surface area contributed by atoms with Crippen LogP contribution in [0.5, 0.6) is 0 Å². The smallest absolute Gasteiger partial charge is 0.327 e. The van der Waals surface area contributed by atoms with Gasteiger partial charge in [-0.05, 0) is 6.92 Å². The van der Waals surface area contributed by atoms with Gasteiger partial charge in [0.25, 0.3) is 5.56 Å². The molecular formula is C13H15N7O4S2. The lowest BCUT2D eigenvalue weighted by atomic mass is 10.2. The highest BCUT2D eigenvalue weighted by atomic mass is 32.2. The third-order valence-corrected chi connectivity index (χ3v) is 5.81. The van der Waals surface area contributed by atoms with E-state index in [0.29, 0.717) is 9.30 Å². The van der Waals surface area contributed by atoms with Gasteiger partial charge in [-0.25, -0.2) is 4.79 Å². The van der Waals surface area contributed by atoms with Crippen LogP contribution in [-0.4, -0.2) is 73.5 Å². The van der Waals surface area contributed by atoms with Crippen LogP contribution in [0.3, 0.4) is 0 Å². The normalized spacial score (nSPS) is 17.9. The van der Waals surface area contributed by atoms with Crippen molar-refractivity contribution >= 4 is 45.9 Å². The Morgan fingerprint density at radius 1 is 1.31 bits per heavy atom. The van der Waals surface area contributed by atoms with E-state index in [-0.39, 0.29) is 35.2 Å². The number of carbonyl (C=O) groups is 3. The Hall–Kier alpha value is -2.54. The number of hydrogen-bond donors (Lipinski definition) is 1. The molecule has 0 radical (unpaired) electrons. The fraction of sp³-hybridized carbons (Fsp3) is 0.462. The maximum atomic E-state index is 12.1. The molecule has 1 atom stereocenters. The van der Waals surface area contributed by atoms with Crippen molar-refractivity contribution in [3.8, 4) is 0 Å². The van der Waals surface area contributed by atoms with Crippen LogP contribution in [0.25, 0.3) is 4.96 Å². The molecule has 0 aliphatic carbocycles. The van der Waals surface area contributed by atoms with E-state index in [4.69, 9.17) is 0 Å². The number of imide groups is 1.